The molecule has 1 aromatic heterocycles. The minimum absolute atomic E-state index is 0.0607. The van der Waals surface area contributed by atoms with E-state index in [1.54, 1.807) is 17.0 Å². The summed E-state index contributed by atoms with van der Waals surface area (Å²) < 4.78 is 17.7. The molecule has 1 N–H and O–H groups in total. The molecule has 2 heterocycles. The predicted octanol–water partition coefficient (Wildman–Crippen LogP) is 4.61. The fourth-order valence-corrected chi connectivity index (χ4v) is 4.36. The Balaban J connectivity index is 1.86. The fraction of sp³-hybridized carbons (Fsp3) is 0.407. The minimum atomic E-state index is -0.640. The zero-order chi connectivity index (χ0) is 24.2. The first-order chi connectivity index (χ1) is 16.5. The van der Waals surface area contributed by atoms with E-state index in [4.69, 9.17) is 13.9 Å². The van der Waals surface area contributed by atoms with Crippen LogP contribution in [0.25, 0.3) is 11.0 Å². The van der Waals surface area contributed by atoms with E-state index in [-0.39, 0.29) is 30.2 Å². The zero-order valence-electron chi connectivity index (χ0n) is 19.9. The molecule has 4 rings (SSSR count). The topological polar surface area (TPSA) is 89.2 Å². The second kappa shape index (κ2) is 10.3. The number of nitrogens with zero attached hydrogens (tertiary/aromatic N) is 1. The lowest BCUT2D eigenvalue weighted by atomic mass is 9.97. The van der Waals surface area contributed by atoms with Crippen LogP contribution in [-0.2, 0) is 0 Å². The lowest BCUT2D eigenvalue weighted by Gasteiger charge is -2.25. The van der Waals surface area contributed by atoms with Crippen molar-refractivity contribution in [3.8, 4) is 11.5 Å². The molecule has 0 saturated carbocycles. The van der Waals surface area contributed by atoms with Gasteiger partial charge in [-0.25, -0.2) is 0 Å². The molecule has 0 saturated heterocycles. The molecule has 1 aliphatic rings. The van der Waals surface area contributed by atoms with Crippen molar-refractivity contribution < 1.29 is 23.8 Å². The first kappa shape index (κ1) is 23.8. The van der Waals surface area contributed by atoms with Gasteiger partial charge >= 0.3 is 0 Å². The van der Waals surface area contributed by atoms with E-state index in [9.17, 15) is 14.7 Å². The SMILES string of the molecule is CCCCOc1ccc([C@H]2c3c(oc4ccc(C)cc4c3=O)C(=O)N2CCCO)cc1OCC. The fourth-order valence-electron chi connectivity index (χ4n) is 4.36. The molecule has 3 aromatic rings. The van der Waals surface area contributed by atoms with Gasteiger partial charge in [0.2, 0.25) is 5.76 Å². The molecule has 0 aliphatic carbocycles. The van der Waals surface area contributed by atoms with E-state index in [0.717, 1.165) is 24.0 Å². The molecule has 7 heteroatoms. The number of rotatable bonds is 10. The predicted molar refractivity (Wildman–Crippen MR) is 130 cm³/mol. The van der Waals surface area contributed by atoms with Gasteiger partial charge < -0.3 is 23.9 Å². The molecular weight excluding hydrogens is 434 g/mol. The Morgan fingerprint density at radius 1 is 1.03 bits per heavy atom. The van der Waals surface area contributed by atoms with Gasteiger partial charge in [-0.15, -0.1) is 0 Å². The van der Waals surface area contributed by atoms with Crippen molar-refractivity contribution in [3.05, 3.63) is 69.1 Å². The van der Waals surface area contributed by atoms with Crippen molar-refractivity contribution in [2.75, 3.05) is 26.4 Å². The average Bonchev–Trinajstić information content (AvgIpc) is 3.11. The molecular formula is C27H31NO6. The maximum atomic E-state index is 13.6. The zero-order valence-corrected chi connectivity index (χ0v) is 19.9. The number of carbonyl (C=O) groups excluding carboxylic acids is 1. The first-order valence-electron chi connectivity index (χ1n) is 11.9. The van der Waals surface area contributed by atoms with Gasteiger partial charge in [-0.1, -0.05) is 31.0 Å². The maximum absolute atomic E-state index is 13.6. The third-order valence-corrected chi connectivity index (χ3v) is 6.02. The molecule has 180 valence electrons. The number of ether oxygens (including phenoxy) is 2. The van der Waals surface area contributed by atoms with E-state index in [2.05, 4.69) is 6.92 Å². The Morgan fingerprint density at radius 3 is 2.59 bits per heavy atom. The largest absolute Gasteiger partial charge is 0.490 e. The van der Waals surface area contributed by atoms with E-state index in [0.29, 0.717) is 47.7 Å². The number of unbranched alkanes of at least 4 members (excludes halogenated alkanes) is 1. The van der Waals surface area contributed by atoms with Gasteiger partial charge in [-0.3, -0.25) is 9.59 Å². The van der Waals surface area contributed by atoms with Crippen LogP contribution in [0, 0.1) is 6.92 Å². The Labute approximate surface area is 198 Å². The Bertz CT molecular complexity index is 1250. The van der Waals surface area contributed by atoms with Gasteiger partial charge in [0.05, 0.1) is 30.2 Å². The lowest BCUT2D eigenvalue weighted by Crippen LogP contribution is -2.31. The summed E-state index contributed by atoms with van der Waals surface area (Å²) in [5, 5.41) is 9.87. The molecule has 0 fully saturated rings. The first-order valence-corrected chi connectivity index (χ1v) is 11.9. The molecule has 0 bridgehead atoms. The van der Waals surface area contributed by atoms with Crippen molar-refractivity contribution >= 4 is 16.9 Å². The van der Waals surface area contributed by atoms with E-state index in [1.807, 2.05) is 38.1 Å². The van der Waals surface area contributed by atoms with Crippen LogP contribution in [0.15, 0.2) is 45.6 Å². The minimum Gasteiger partial charge on any atom is -0.490 e. The van der Waals surface area contributed by atoms with Gasteiger partial charge in [0.1, 0.15) is 5.58 Å². The number of hydrogen-bond donors (Lipinski definition) is 1. The summed E-state index contributed by atoms with van der Waals surface area (Å²) in [7, 11) is 0. The summed E-state index contributed by atoms with van der Waals surface area (Å²) in [5.74, 6) is 0.909. The molecule has 34 heavy (non-hydrogen) atoms. The normalized spacial score (nSPS) is 15.1. The Kier molecular flexibility index (Phi) is 7.22. The quantitative estimate of drug-likeness (QED) is 0.440. The van der Waals surface area contributed by atoms with E-state index in [1.165, 1.54) is 0 Å². The summed E-state index contributed by atoms with van der Waals surface area (Å²) in [4.78, 5) is 28.6. The van der Waals surface area contributed by atoms with Gasteiger partial charge in [-0.05, 0) is 56.5 Å². The van der Waals surface area contributed by atoms with Crippen LogP contribution in [0.4, 0.5) is 0 Å². The van der Waals surface area contributed by atoms with Crippen LogP contribution >= 0.6 is 0 Å². The molecule has 2 aromatic carbocycles. The molecule has 0 radical (unpaired) electrons. The van der Waals surface area contributed by atoms with Crippen LogP contribution < -0.4 is 14.9 Å². The number of aliphatic hydroxyl groups excluding tert-OH is 1. The third-order valence-electron chi connectivity index (χ3n) is 6.02. The molecule has 1 atom stereocenters. The van der Waals surface area contributed by atoms with Crippen molar-refractivity contribution in [3.63, 3.8) is 0 Å². The van der Waals surface area contributed by atoms with E-state index >= 15 is 0 Å². The van der Waals surface area contributed by atoms with Crippen molar-refractivity contribution in [2.45, 2.75) is 46.1 Å². The summed E-state index contributed by atoms with van der Waals surface area (Å²) in [6, 6.07) is 10.3. The number of hydrogen-bond acceptors (Lipinski definition) is 6. The molecule has 1 aliphatic heterocycles. The number of aliphatic hydroxyl groups is 1. The average molecular weight is 466 g/mol. The highest BCUT2D eigenvalue weighted by atomic mass is 16.5. The van der Waals surface area contributed by atoms with Gasteiger partial charge in [0.15, 0.2) is 16.9 Å². The van der Waals surface area contributed by atoms with Crippen LogP contribution in [0.1, 0.15) is 66.4 Å². The summed E-state index contributed by atoms with van der Waals surface area (Å²) >= 11 is 0. The van der Waals surface area contributed by atoms with Crippen LogP contribution in [0.2, 0.25) is 0 Å². The van der Waals surface area contributed by atoms with Gasteiger partial charge in [0.25, 0.3) is 5.91 Å². The Morgan fingerprint density at radius 2 is 1.85 bits per heavy atom. The highest BCUT2D eigenvalue weighted by Gasteiger charge is 2.42. The lowest BCUT2D eigenvalue weighted by molar-refractivity contribution is 0.0716. The third kappa shape index (κ3) is 4.40. The second-order valence-corrected chi connectivity index (χ2v) is 8.49. The van der Waals surface area contributed by atoms with Gasteiger partial charge in [-0.2, -0.15) is 0 Å². The summed E-state index contributed by atoms with van der Waals surface area (Å²) in [6.45, 7) is 7.16. The van der Waals surface area contributed by atoms with Crippen LogP contribution in [0.5, 0.6) is 11.5 Å². The monoisotopic (exact) mass is 465 g/mol. The highest BCUT2D eigenvalue weighted by Crippen LogP contribution is 2.41. The van der Waals surface area contributed by atoms with E-state index < -0.39 is 6.04 Å². The van der Waals surface area contributed by atoms with Crippen molar-refractivity contribution in [1.29, 1.82) is 0 Å². The number of aryl methyl sites for hydroxylation is 1. The summed E-state index contributed by atoms with van der Waals surface area (Å²) in [5.41, 5.74) is 2.16. The maximum Gasteiger partial charge on any atom is 0.290 e. The number of fused-ring (bicyclic) bond motifs is 2. The smallest absolute Gasteiger partial charge is 0.290 e. The Hall–Kier alpha value is -3.32. The molecule has 0 spiro atoms. The van der Waals surface area contributed by atoms with Crippen LogP contribution in [-0.4, -0.2) is 42.3 Å². The number of carbonyl (C=O) groups is 1. The van der Waals surface area contributed by atoms with Crippen LogP contribution in [0.3, 0.4) is 0 Å². The van der Waals surface area contributed by atoms with Gasteiger partial charge in [0, 0.05) is 13.2 Å². The molecule has 0 unspecified atom stereocenters. The van der Waals surface area contributed by atoms with Crippen molar-refractivity contribution in [1.82, 2.24) is 4.90 Å². The van der Waals surface area contributed by atoms with Crippen molar-refractivity contribution in [2.24, 2.45) is 0 Å². The second-order valence-electron chi connectivity index (χ2n) is 8.49. The molecule has 1 amide bonds. The highest BCUT2D eigenvalue weighted by molar-refractivity contribution is 5.99. The molecule has 7 nitrogen and oxygen atoms in total. The summed E-state index contributed by atoms with van der Waals surface area (Å²) in [6.07, 6.45) is 2.34. The number of benzene rings is 2. The number of amides is 1. The standard InChI is InChI=1S/C27H31NO6/c1-4-6-14-33-21-11-9-18(16-22(21)32-5-2)24-23-25(30)19-15-17(3)8-10-20(19)34-26(23)27(31)28(24)12-7-13-29/h8-11,15-16,24,29H,4-7,12-14H2,1-3H3/t24-/m0/s1.